The molecule has 1 heterocycles. The third kappa shape index (κ3) is 4.18. The van der Waals surface area contributed by atoms with E-state index in [1.165, 1.54) is 11.3 Å². The van der Waals surface area contributed by atoms with E-state index in [0.29, 0.717) is 12.6 Å². The monoisotopic (exact) mass is 324 g/mol. The Bertz CT molecular complexity index is 524. The van der Waals surface area contributed by atoms with Gasteiger partial charge >= 0.3 is 6.03 Å². The molecule has 0 bridgehead atoms. The van der Waals surface area contributed by atoms with Gasteiger partial charge in [-0.05, 0) is 52.4 Å². The maximum absolute atomic E-state index is 12.1. The van der Waals surface area contributed by atoms with Gasteiger partial charge in [-0.15, -0.1) is 0 Å². The van der Waals surface area contributed by atoms with Gasteiger partial charge in [0, 0.05) is 35.5 Å². The van der Waals surface area contributed by atoms with Crippen LogP contribution in [0.5, 0.6) is 0 Å². The fourth-order valence-corrected chi connectivity index (χ4v) is 2.91. The normalized spacial score (nSPS) is 18.2. The number of carbonyl (C=O) groups is 1. The van der Waals surface area contributed by atoms with Crippen molar-refractivity contribution in [2.24, 2.45) is 0 Å². The molecule has 0 radical (unpaired) electrons. The van der Waals surface area contributed by atoms with Crippen molar-refractivity contribution >= 4 is 17.8 Å². The molecule has 124 valence electrons. The number of thioether (sulfide) groups is 1. The molecule has 0 saturated carbocycles. The van der Waals surface area contributed by atoms with Crippen LogP contribution in [0.4, 0.5) is 4.79 Å². The van der Waals surface area contributed by atoms with E-state index in [1.54, 1.807) is 11.8 Å². The van der Waals surface area contributed by atoms with E-state index in [-0.39, 0.29) is 16.8 Å². The van der Waals surface area contributed by atoms with Crippen molar-refractivity contribution in [3.05, 3.63) is 17.5 Å². The molecule has 6 heteroatoms. The fraction of sp³-hybridized carbons (Fsp3) is 0.750. The van der Waals surface area contributed by atoms with Gasteiger partial charge in [0.15, 0.2) is 0 Å². The molecule has 1 aromatic heterocycles. The molecule has 2 rings (SSSR count). The second-order valence-corrected chi connectivity index (χ2v) is 8.40. The molecule has 1 atom stereocenters. The number of aromatic nitrogens is 2. The highest BCUT2D eigenvalue weighted by molar-refractivity contribution is 7.99. The first kappa shape index (κ1) is 17.2. The molecule has 1 aromatic rings. The lowest BCUT2D eigenvalue weighted by Gasteiger charge is -2.27. The number of nitrogens with zero attached hydrogens (tertiary/aromatic N) is 2. The van der Waals surface area contributed by atoms with Gasteiger partial charge in [-0.1, -0.05) is 0 Å². The minimum atomic E-state index is -0.0637. The summed E-state index contributed by atoms with van der Waals surface area (Å²) in [7, 11) is 0. The zero-order valence-electron chi connectivity index (χ0n) is 14.3. The average Bonchev–Trinajstić information content (AvgIpc) is 2.88. The summed E-state index contributed by atoms with van der Waals surface area (Å²) >= 11 is 1.76. The molecule has 2 amide bonds. The quantitative estimate of drug-likeness (QED) is 0.875. The van der Waals surface area contributed by atoms with Gasteiger partial charge < -0.3 is 10.6 Å². The van der Waals surface area contributed by atoms with Gasteiger partial charge in [0.1, 0.15) is 0 Å². The highest BCUT2D eigenvalue weighted by atomic mass is 32.2. The largest absolute Gasteiger partial charge is 0.337 e. The molecule has 0 spiro atoms. The zero-order valence-corrected chi connectivity index (χ0v) is 15.1. The summed E-state index contributed by atoms with van der Waals surface area (Å²) in [6, 6.07) is 0.490. The Labute approximate surface area is 137 Å². The fourth-order valence-electron chi connectivity index (χ4n) is 2.69. The topological polar surface area (TPSA) is 59.0 Å². The summed E-state index contributed by atoms with van der Waals surface area (Å²) in [5, 5.41) is 10.6. The van der Waals surface area contributed by atoms with Gasteiger partial charge in [0.2, 0.25) is 0 Å². The molecule has 22 heavy (non-hydrogen) atoms. The first-order valence-corrected chi connectivity index (χ1v) is 9.19. The van der Waals surface area contributed by atoms with E-state index in [0.717, 1.165) is 19.3 Å². The summed E-state index contributed by atoms with van der Waals surface area (Å²) in [6.07, 6.45) is 6.88. The Morgan fingerprint density at radius 3 is 2.91 bits per heavy atom. The molecule has 0 saturated heterocycles. The standard InChI is InChI=1S/C16H28N4OS/c1-11(2)20-14-8-13(7-6-12(14)9-18-20)19-15(21)17-10-16(3,4)22-5/h9,11,13H,6-8,10H2,1-5H3,(H2,17,19,21)/t13-/m1/s1. The van der Waals surface area contributed by atoms with Crippen LogP contribution in [0.3, 0.4) is 0 Å². The number of nitrogens with one attached hydrogen (secondary N) is 2. The van der Waals surface area contributed by atoms with E-state index in [4.69, 9.17) is 0 Å². The lowest BCUT2D eigenvalue weighted by Crippen LogP contribution is -2.47. The maximum atomic E-state index is 12.1. The molecular weight excluding hydrogens is 296 g/mol. The van der Waals surface area contributed by atoms with Crippen LogP contribution >= 0.6 is 11.8 Å². The molecule has 2 N–H and O–H groups in total. The molecule has 0 aromatic carbocycles. The second-order valence-electron chi connectivity index (χ2n) is 6.89. The van der Waals surface area contributed by atoms with Crippen molar-refractivity contribution in [3.63, 3.8) is 0 Å². The minimum absolute atomic E-state index is 0.0628. The van der Waals surface area contributed by atoms with Gasteiger partial charge in [0.25, 0.3) is 0 Å². The molecule has 5 nitrogen and oxygen atoms in total. The predicted octanol–water partition coefficient (Wildman–Crippen LogP) is 2.76. The summed E-state index contributed by atoms with van der Waals surface area (Å²) in [6.45, 7) is 9.21. The number of rotatable bonds is 5. The molecule has 0 fully saturated rings. The number of hydrogen-bond acceptors (Lipinski definition) is 3. The van der Waals surface area contributed by atoms with Gasteiger partial charge in [-0.25, -0.2) is 4.79 Å². The highest BCUT2D eigenvalue weighted by Crippen LogP contribution is 2.24. The number of aryl methyl sites for hydroxylation is 1. The molecule has 0 aliphatic heterocycles. The van der Waals surface area contributed by atoms with E-state index >= 15 is 0 Å². The third-order valence-corrected chi connectivity index (χ3v) is 5.49. The molecular formula is C16H28N4OS. The van der Waals surface area contributed by atoms with Crippen LogP contribution in [0.2, 0.25) is 0 Å². The van der Waals surface area contributed by atoms with E-state index in [9.17, 15) is 4.79 Å². The van der Waals surface area contributed by atoms with Crippen molar-refractivity contribution in [2.75, 3.05) is 12.8 Å². The van der Waals surface area contributed by atoms with E-state index in [2.05, 4.69) is 54.4 Å². The summed E-state index contributed by atoms with van der Waals surface area (Å²) in [5.74, 6) is 0. The minimum Gasteiger partial charge on any atom is -0.337 e. The second kappa shape index (κ2) is 6.94. The number of hydrogen-bond donors (Lipinski definition) is 2. The van der Waals surface area contributed by atoms with Crippen LogP contribution in [0.1, 0.15) is 51.4 Å². The van der Waals surface area contributed by atoms with Crippen molar-refractivity contribution in [2.45, 2.75) is 63.8 Å². The Morgan fingerprint density at radius 2 is 2.27 bits per heavy atom. The van der Waals surface area contributed by atoms with Gasteiger partial charge in [-0.3, -0.25) is 4.68 Å². The van der Waals surface area contributed by atoms with Gasteiger partial charge in [-0.2, -0.15) is 16.9 Å². The number of amides is 2. The Balaban J connectivity index is 1.90. The van der Waals surface area contributed by atoms with Crippen LogP contribution in [0.15, 0.2) is 6.20 Å². The van der Waals surface area contributed by atoms with Crippen molar-refractivity contribution < 1.29 is 4.79 Å². The zero-order chi connectivity index (χ0) is 16.3. The summed E-state index contributed by atoms with van der Waals surface area (Å²) < 4.78 is 2.14. The number of carbonyl (C=O) groups excluding carboxylic acids is 1. The van der Waals surface area contributed by atoms with Crippen LogP contribution in [0, 0.1) is 0 Å². The Kier molecular flexibility index (Phi) is 5.42. The van der Waals surface area contributed by atoms with Crippen LogP contribution in [0.25, 0.3) is 0 Å². The Morgan fingerprint density at radius 1 is 1.55 bits per heavy atom. The summed E-state index contributed by atoms with van der Waals surface area (Å²) in [4.78, 5) is 12.1. The number of urea groups is 1. The molecule has 0 unspecified atom stereocenters. The van der Waals surface area contributed by atoms with Crippen LogP contribution in [-0.2, 0) is 12.8 Å². The maximum Gasteiger partial charge on any atom is 0.315 e. The lowest BCUT2D eigenvalue weighted by atomic mass is 9.93. The highest BCUT2D eigenvalue weighted by Gasteiger charge is 2.25. The first-order valence-electron chi connectivity index (χ1n) is 7.97. The number of fused-ring (bicyclic) bond motifs is 1. The van der Waals surface area contributed by atoms with E-state index < -0.39 is 0 Å². The van der Waals surface area contributed by atoms with Crippen LogP contribution < -0.4 is 10.6 Å². The Hall–Kier alpha value is -1.17. The van der Waals surface area contributed by atoms with Gasteiger partial charge in [0.05, 0.1) is 6.20 Å². The van der Waals surface area contributed by atoms with E-state index in [1.807, 2.05) is 6.20 Å². The average molecular weight is 324 g/mol. The first-order chi connectivity index (χ1) is 10.3. The van der Waals surface area contributed by atoms with Crippen molar-refractivity contribution in [1.29, 1.82) is 0 Å². The smallest absolute Gasteiger partial charge is 0.315 e. The molecule has 1 aliphatic rings. The predicted molar refractivity (Wildman–Crippen MR) is 92.6 cm³/mol. The van der Waals surface area contributed by atoms with Crippen molar-refractivity contribution in [1.82, 2.24) is 20.4 Å². The third-order valence-electron chi connectivity index (χ3n) is 4.24. The van der Waals surface area contributed by atoms with Crippen molar-refractivity contribution in [3.8, 4) is 0 Å². The van der Waals surface area contributed by atoms with Crippen LogP contribution in [-0.4, -0.2) is 39.4 Å². The molecule has 1 aliphatic carbocycles. The SMILES string of the molecule is CSC(C)(C)CNC(=O)N[C@@H]1CCc2cnn(C(C)C)c2C1. The summed E-state index contributed by atoms with van der Waals surface area (Å²) in [5.41, 5.74) is 2.60. The lowest BCUT2D eigenvalue weighted by molar-refractivity contribution is 0.234.